The number of methoxy groups -OCH3 is 1. The van der Waals surface area contributed by atoms with Crippen molar-refractivity contribution in [3.8, 4) is 5.75 Å². The molecule has 0 unspecified atom stereocenters. The molecule has 7 nitrogen and oxygen atoms in total. The van der Waals surface area contributed by atoms with E-state index >= 15 is 0 Å². The number of benzene rings is 2. The van der Waals surface area contributed by atoms with Crippen LogP contribution in [-0.2, 0) is 16.0 Å². The van der Waals surface area contributed by atoms with E-state index in [-0.39, 0.29) is 24.1 Å². The number of hydrogen-bond donors (Lipinski definition) is 1. The van der Waals surface area contributed by atoms with Gasteiger partial charge in [-0.15, -0.1) is 0 Å². The summed E-state index contributed by atoms with van der Waals surface area (Å²) in [5.74, 6) is 0.476. The Hall–Kier alpha value is -3.35. The lowest BCUT2D eigenvalue weighted by atomic mass is 10.1. The van der Waals surface area contributed by atoms with E-state index in [0.29, 0.717) is 50.5 Å². The maximum atomic E-state index is 12.7. The number of piperazine rings is 1. The van der Waals surface area contributed by atoms with E-state index in [1.54, 1.807) is 41.2 Å². The number of carbonyl (C=O) groups excluding carboxylic acids is 3. The van der Waals surface area contributed by atoms with E-state index in [4.69, 9.17) is 4.74 Å². The molecular weight excluding hydrogens is 382 g/mol. The summed E-state index contributed by atoms with van der Waals surface area (Å²) in [6.07, 6.45) is 0.560. The van der Waals surface area contributed by atoms with E-state index in [9.17, 15) is 14.4 Å². The molecule has 2 aromatic carbocycles. The van der Waals surface area contributed by atoms with E-state index < -0.39 is 0 Å². The highest BCUT2D eigenvalue weighted by Crippen LogP contribution is 2.15. The number of amides is 3. The lowest BCUT2D eigenvalue weighted by Crippen LogP contribution is -2.51. The van der Waals surface area contributed by atoms with Crippen LogP contribution in [0.15, 0.2) is 54.6 Å². The molecule has 1 aliphatic heterocycles. The van der Waals surface area contributed by atoms with Crippen LogP contribution in [0.4, 0.5) is 0 Å². The van der Waals surface area contributed by atoms with Crippen LogP contribution in [0.1, 0.15) is 22.3 Å². The quantitative estimate of drug-likeness (QED) is 0.755. The molecule has 3 amide bonds. The maximum Gasteiger partial charge on any atom is 0.254 e. The molecular formula is C23H27N3O4. The van der Waals surface area contributed by atoms with Crippen molar-refractivity contribution < 1.29 is 19.1 Å². The molecule has 1 N–H and O–H groups in total. The molecule has 7 heteroatoms. The Kier molecular flexibility index (Phi) is 7.43. The first-order valence-corrected chi connectivity index (χ1v) is 10.1. The Labute approximate surface area is 176 Å². The summed E-state index contributed by atoms with van der Waals surface area (Å²) >= 11 is 0. The van der Waals surface area contributed by atoms with Gasteiger partial charge >= 0.3 is 0 Å². The predicted octanol–water partition coefficient (Wildman–Crippen LogP) is 1.73. The zero-order valence-corrected chi connectivity index (χ0v) is 17.2. The molecule has 0 spiro atoms. The van der Waals surface area contributed by atoms with Gasteiger partial charge in [0.1, 0.15) is 5.75 Å². The molecule has 2 aromatic rings. The highest BCUT2D eigenvalue weighted by molar-refractivity contribution is 5.94. The molecule has 1 aliphatic rings. The van der Waals surface area contributed by atoms with Gasteiger partial charge in [-0.3, -0.25) is 14.4 Å². The molecule has 1 saturated heterocycles. The maximum absolute atomic E-state index is 12.7. The minimum atomic E-state index is -0.0947. The number of nitrogens with one attached hydrogen (secondary N) is 1. The first-order chi connectivity index (χ1) is 14.6. The Morgan fingerprint density at radius 2 is 1.63 bits per heavy atom. The van der Waals surface area contributed by atoms with Crippen molar-refractivity contribution in [2.75, 3.05) is 39.8 Å². The molecule has 158 valence electrons. The molecule has 0 radical (unpaired) electrons. The monoisotopic (exact) mass is 409 g/mol. The van der Waals surface area contributed by atoms with Crippen molar-refractivity contribution in [3.05, 3.63) is 65.7 Å². The summed E-state index contributed by atoms with van der Waals surface area (Å²) in [4.78, 5) is 40.6. The van der Waals surface area contributed by atoms with Crippen LogP contribution < -0.4 is 10.1 Å². The second kappa shape index (κ2) is 10.4. The Morgan fingerprint density at radius 1 is 0.933 bits per heavy atom. The van der Waals surface area contributed by atoms with E-state index in [1.807, 2.05) is 30.3 Å². The predicted molar refractivity (Wildman–Crippen MR) is 113 cm³/mol. The van der Waals surface area contributed by atoms with Gasteiger partial charge in [0.15, 0.2) is 0 Å². The number of rotatable bonds is 7. The standard InChI is InChI=1S/C23H27N3O4/c1-30-20-9-5-8-19(17-20)23(29)26-14-12-25(13-15-26)22(28)10-11-24-21(27)16-18-6-3-2-4-7-18/h2-9,17H,10-16H2,1H3,(H,24,27). The Bertz CT molecular complexity index is 877. The van der Waals surface area contributed by atoms with Gasteiger partial charge in [-0.1, -0.05) is 36.4 Å². The summed E-state index contributed by atoms with van der Waals surface area (Å²) in [5, 5.41) is 2.80. The topological polar surface area (TPSA) is 79.0 Å². The van der Waals surface area contributed by atoms with E-state index in [2.05, 4.69) is 5.32 Å². The van der Waals surface area contributed by atoms with Crippen LogP contribution in [-0.4, -0.2) is 67.4 Å². The fraction of sp³-hybridized carbons (Fsp3) is 0.348. The Morgan fingerprint density at radius 3 is 2.33 bits per heavy atom. The molecule has 0 saturated carbocycles. The highest BCUT2D eigenvalue weighted by atomic mass is 16.5. The summed E-state index contributed by atoms with van der Waals surface area (Å²) in [5.41, 5.74) is 1.52. The summed E-state index contributed by atoms with van der Waals surface area (Å²) in [6, 6.07) is 16.6. The zero-order valence-electron chi connectivity index (χ0n) is 17.2. The molecule has 3 rings (SSSR count). The van der Waals surface area contributed by atoms with Crippen LogP contribution >= 0.6 is 0 Å². The lowest BCUT2D eigenvalue weighted by molar-refractivity contribution is -0.132. The van der Waals surface area contributed by atoms with Crippen LogP contribution in [0.25, 0.3) is 0 Å². The van der Waals surface area contributed by atoms with Crippen LogP contribution in [0.3, 0.4) is 0 Å². The third-order valence-electron chi connectivity index (χ3n) is 5.10. The van der Waals surface area contributed by atoms with Gasteiger partial charge in [0, 0.05) is 44.7 Å². The second-order valence-corrected chi connectivity index (χ2v) is 7.17. The fourth-order valence-electron chi connectivity index (χ4n) is 3.41. The molecule has 0 bridgehead atoms. The molecule has 1 fully saturated rings. The Balaban J connectivity index is 1.39. The molecule has 0 atom stereocenters. The molecule has 0 aromatic heterocycles. The number of carbonyl (C=O) groups is 3. The van der Waals surface area contributed by atoms with Gasteiger partial charge in [0.25, 0.3) is 5.91 Å². The molecule has 1 heterocycles. The SMILES string of the molecule is COc1cccc(C(=O)N2CCN(C(=O)CCNC(=O)Cc3ccccc3)CC2)c1. The van der Waals surface area contributed by atoms with Crippen molar-refractivity contribution in [2.45, 2.75) is 12.8 Å². The van der Waals surface area contributed by atoms with Gasteiger partial charge in [0.05, 0.1) is 13.5 Å². The fourth-order valence-corrected chi connectivity index (χ4v) is 3.41. The molecule has 30 heavy (non-hydrogen) atoms. The lowest BCUT2D eigenvalue weighted by Gasteiger charge is -2.35. The van der Waals surface area contributed by atoms with Gasteiger partial charge in [-0.25, -0.2) is 0 Å². The average molecular weight is 409 g/mol. The van der Waals surface area contributed by atoms with Gasteiger partial charge in [-0.2, -0.15) is 0 Å². The van der Waals surface area contributed by atoms with Gasteiger partial charge in [-0.05, 0) is 23.8 Å². The van der Waals surface area contributed by atoms with Crippen molar-refractivity contribution in [1.82, 2.24) is 15.1 Å². The smallest absolute Gasteiger partial charge is 0.254 e. The summed E-state index contributed by atoms with van der Waals surface area (Å²) in [6.45, 7) is 2.27. The van der Waals surface area contributed by atoms with Crippen LogP contribution in [0.2, 0.25) is 0 Å². The summed E-state index contributed by atoms with van der Waals surface area (Å²) < 4.78 is 5.17. The van der Waals surface area contributed by atoms with E-state index in [1.165, 1.54) is 0 Å². The number of nitrogens with zero attached hydrogens (tertiary/aromatic N) is 2. The molecule has 0 aliphatic carbocycles. The average Bonchev–Trinajstić information content (AvgIpc) is 2.79. The third-order valence-corrected chi connectivity index (χ3v) is 5.10. The normalized spacial score (nSPS) is 13.6. The van der Waals surface area contributed by atoms with Crippen molar-refractivity contribution in [1.29, 1.82) is 0 Å². The zero-order chi connectivity index (χ0) is 21.3. The van der Waals surface area contributed by atoms with Crippen molar-refractivity contribution in [2.24, 2.45) is 0 Å². The largest absolute Gasteiger partial charge is 0.497 e. The van der Waals surface area contributed by atoms with Crippen molar-refractivity contribution >= 4 is 17.7 Å². The second-order valence-electron chi connectivity index (χ2n) is 7.17. The van der Waals surface area contributed by atoms with Crippen molar-refractivity contribution in [3.63, 3.8) is 0 Å². The first kappa shape index (κ1) is 21.4. The van der Waals surface area contributed by atoms with Crippen LogP contribution in [0, 0.1) is 0 Å². The number of ether oxygens (including phenoxy) is 1. The van der Waals surface area contributed by atoms with E-state index in [0.717, 1.165) is 5.56 Å². The number of hydrogen-bond acceptors (Lipinski definition) is 4. The minimum absolute atomic E-state index is 0.0107. The summed E-state index contributed by atoms with van der Waals surface area (Å²) in [7, 11) is 1.57. The third kappa shape index (κ3) is 5.83. The highest BCUT2D eigenvalue weighted by Gasteiger charge is 2.24. The van der Waals surface area contributed by atoms with Crippen LogP contribution in [0.5, 0.6) is 5.75 Å². The minimum Gasteiger partial charge on any atom is -0.497 e. The van der Waals surface area contributed by atoms with Gasteiger partial charge < -0.3 is 19.9 Å². The first-order valence-electron chi connectivity index (χ1n) is 10.1. The van der Waals surface area contributed by atoms with Gasteiger partial charge in [0.2, 0.25) is 11.8 Å².